The Hall–Kier alpha value is -1.94. The van der Waals surface area contributed by atoms with Crippen molar-refractivity contribution in [2.24, 2.45) is 0 Å². The van der Waals surface area contributed by atoms with Crippen molar-refractivity contribution >= 4 is 28.5 Å². The van der Waals surface area contributed by atoms with Crippen molar-refractivity contribution in [1.82, 2.24) is 0 Å². The summed E-state index contributed by atoms with van der Waals surface area (Å²) in [7, 11) is 0. The molecule has 17 heavy (non-hydrogen) atoms. The largest absolute Gasteiger partial charge is 0.317 e. The highest BCUT2D eigenvalue weighted by atomic mass is 32.1. The second-order valence-electron chi connectivity index (χ2n) is 3.56. The minimum Gasteiger partial charge on any atom is -0.317 e. The van der Waals surface area contributed by atoms with Gasteiger partial charge in [-0.25, -0.2) is 0 Å². The minimum atomic E-state index is -0.172. The van der Waals surface area contributed by atoms with Crippen LogP contribution in [-0.2, 0) is 4.79 Å². The van der Waals surface area contributed by atoms with Crippen molar-refractivity contribution in [3.63, 3.8) is 0 Å². The number of hydrogen-bond acceptors (Lipinski definition) is 3. The van der Waals surface area contributed by atoms with Crippen LogP contribution in [0.3, 0.4) is 0 Å². The van der Waals surface area contributed by atoms with Gasteiger partial charge in [0.15, 0.2) is 6.29 Å². The van der Waals surface area contributed by atoms with Crippen LogP contribution < -0.4 is 5.32 Å². The number of benzene rings is 1. The predicted octanol–water partition coefficient (Wildman–Crippen LogP) is 3.19. The smallest absolute Gasteiger partial charge is 0.221 e. The van der Waals surface area contributed by atoms with Gasteiger partial charge in [-0.3, -0.25) is 9.59 Å². The molecule has 0 aliphatic rings. The quantitative estimate of drug-likeness (QED) is 0.844. The third-order valence-electron chi connectivity index (χ3n) is 2.24. The molecule has 0 spiro atoms. The SMILES string of the molecule is CC(=O)Nc1sc(-c2ccccc2)cc1C=O. The molecule has 0 atom stereocenters. The van der Waals surface area contributed by atoms with Crippen molar-refractivity contribution < 1.29 is 9.59 Å². The third kappa shape index (κ3) is 2.60. The molecule has 3 nitrogen and oxygen atoms in total. The van der Waals surface area contributed by atoms with E-state index in [-0.39, 0.29) is 5.91 Å². The van der Waals surface area contributed by atoms with Crippen LogP contribution >= 0.6 is 11.3 Å². The molecule has 0 radical (unpaired) electrons. The number of carbonyl (C=O) groups is 2. The Bertz CT molecular complexity index is 546. The van der Waals surface area contributed by atoms with E-state index >= 15 is 0 Å². The summed E-state index contributed by atoms with van der Waals surface area (Å²) in [6, 6.07) is 11.5. The van der Waals surface area contributed by atoms with E-state index in [1.54, 1.807) is 6.07 Å². The lowest BCUT2D eigenvalue weighted by molar-refractivity contribution is -0.114. The van der Waals surface area contributed by atoms with Gasteiger partial charge in [-0.15, -0.1) is 11.3 Å². The predicted molar refractivity (Wildman–Crippen MR) is 69.4 cm³/mol. The molecule has 0 aliphatic carbocycles. The van der Waals surface area contributed by atoms with Gasteiger partial charge in [0.2, 0.25) is 5.91 Å². The van der Waals surface area contributed by atoms with Crippen molar-refractivity contribution in [2.75, 3.05) is 5.32 Å². The van der Waals surface area contributed by atoms with Gasteiger partial charge < -0.3 is 5.32 Å². The zero-order valence-electron chi connectivity index (χ0n) is 9.27. The Balaban J connectivity index is 2.41. The van der Waals surface area contributed by atoms with Crippen molar-refractivity contribution in [3.8, 4) is 10.4 Å². The highest BCUT2D eigenvalue weighted by Gasteiger charge is 2.10. The van der Waals surface area contributed by atoms with Gasteiger partial charge in [0.25, 0.3) is 0 Å². The molecule has 2 aromatic rings. The Morgan fingerprint density at radius 2 is 2.00 bits per heavy atom. The van der Waals surface area contributed by atoms with E-state index in [1.807, 2.05) is 30.3 Å². The Kier molecular flexibility index (Phi) is 3.35. The van der Waals surface area contributed by atoms with E-state index in [0.717, 1.165) is 16.7 Å². The average molecular weight is 245 g/mol. The fourth-order valence-corrected chi connectivity index (χ4v) is 2.57. The van der Waals surface area contributed by atoms with Crippen molar-refractivity contribution in [2.45, 2.75) is 6.92 Å². The molecule has 4 heteroatoms. The van der Waals surface area contributed by atoms with Crippen LogP contribution in [0, 0.1) is 0 Å². The lowest BCUT2D eigenvalue weighted by atomic mass is 10.2. The lowest BCUT2D eigenvalue weighted by Crippen LogP contribution is -2.05. The molecule has 1 amide bonds. The van der Waals surface area contributed by atoms with Crippen LogP contribution in [0.1, 0.15) is 17.3 Å². The Labute approximate surface area is 103 Å². The molecule has 1 aromatic carbocycles. The minimum absolute atomic E-state index is 0.172. The van der Waals surface area contributed by atoms with Crippen molar-refractivity contribution in [3.05, 3.63) is 42.0 Å². The van der Waals surface area contributed by atoms with Gasteiger partial charge in [0, 0.05) is 17.4 Å². The second-order valence-corrected chi connectivity index (χ2v) is 4.61. The highest BCUT2D eigenvalue weighted by Crippen LogP contribution is 2.34. The van der Waals surface area contributed by atoms with Crippen LogP contribution in [0.2, 0.25) is 0 Å². The van der Waals surface area contributed by atoms with E-state index < -0.39 is 0 Å². The summed E-state index contributed by atoms with van der Waals surface area (Å²) in [5.41, 5.74) is 1.56. The number of rotatable bonds is 3. The number of nitrogens with one attached hydrogen (secondary N) is 1. The second kappa shape index (κ2) is 4.93. The maximum Gasteiger partial charge on any atom is 0.221 e. The first-order valence-electron chi connectivity index (χ1n) is 5.12. The van der Waals surface area contributed by atoms with Crippen LogP contribution in [0.4, 0.5) is 5.00 Å². The molecule has 1 aromatic heterocycles. The monoisotopic (exact) mass is 245 g/mol. The molecule has 0 saturated carbocycles. The van der Waals surface area contributed by atoms with Gasteiger partial charge in [-0.2, -0.15) is 0 Å². The number of aldehydes is 1. The number of carbonyl (C=O) groups excluding carboxylic acids is 2. The van der Waals surface area contributed by atoms with E-state index in [1.165, 1.54) is 18.3 Å². The van der Waals surface area contributed by atoms with E-state index in [4.69, 9.17) is 0 Å². The third-order valence-corrected chi connectivity index (χ3v) is 3.35. The number of thiophene rings is 1. The number of hydrogen-bond donors (Lipinski definition) is 1. The number of amides is 1. The Morgan fingerprint density at radius 1 is 1.29 bits per heavy atom. The molecular weight excluding hydrogens is 234 g/mol. The normalized spacial score (nSPS) is 9.94. The zero-order valence-corrected chi connectivity index (χ0v) is 10.1. The molecular formula is C13H11NO2S. The maximum atomic E-state index is 11.0. The molecule has 1 heterocycles. The van der Waals surface area contributed by atoms with E-state index in [0.29, 0.717) is 10.6 Å². The van der Waals surface area contributed by atoms with Crippen LogP contribution in [0.25, 0.3) is 10.4 Å². The van der Waals surface area contributed by atoms with Crippen LogP contribution in [-0.4, -0.2) is 12.2 Å². The topological polar surface area (TPSA) is 46.2 Å². The van der Waals surface area contributed by atoms with Gasteiger partial charge in [0.05, 0.1) is 0 Å². The molecule has 0 unspecified atom stereocenters. The zero-order chi connectivity index (χ0) is 12.3. The summed E-state index contributed by atoms with van der Waals surface area (Å²) in [5, 5.41) is 3.27. The summed E-state index contributed by atoms with van der Waals surface area (Å²) in [6.07, 6.45) is 0.758. The molecule has 0 saturated heterocycles. The summed E-state index contributed by atoms with van der Waals surface area (Å²) in [6.45, 7) is 1.43. The molecule has 1 N–H and O–H groups in total. The first-order valence-corrected chi connectivity index (χ1v) is 5.94. The first-order chi connectivity index (χ1) is 8.20. The van der Waals surface area contributed by atoms with Gasteiger partial charge >= 0.3 is 0 Å². The molecule has 86 valence electrons. The maximum absolute atomic E-state index is 11.0. The summed E-state index contributed by atoms with van der Waals surface area (Å²) in [4.78, 5) is 22.9. The highest BCUT2D eigenvalue weighted by molar-refractivity contribution is 7.20. The van der Waals surface area contributed by atoms with Gasteiger partial charge in [0.1, 0.15) is 5.00 Å². The summed E-state index contributed by atoms with van der Waals surface area (Å²) < 4.78 is 0. The molecule has 0 bridgehead atoms. The average Bonchev–Trinajstić information content (AvgIpc) is 2.72. The van der Waals surface area contributed by atoms with Gasteiger partial charge in [-0.1, -0.05) is 30.3 Å². The van der Waals surface area contributed by atoms with Gasteiger partial charge in [-0.05, 0) is 11.6 Å². The molecule has 2 rings (SSSR count). The fraction of sp³-hybridized carbons (Fsp3) is 0.0769. The van der Waals surface area contributed by atoms with Crippen molar-refractivity contribution in [1.29, 1.82) is 0 Å². The van der Waals surface area contributed by atoms with E-state index in [9.17, 15) is 9.59 Å². The first kappa shape index (κ1) is 11.5. The molecule has 0 aliphatic heterocycles. The Morgan fingerprint density at radius 3 is 2.59 bits per heavy atom. The lowest BCUT2D eigenvalue weighted by Gasteiger charge is -1.97. The van der Waals surface area contributed by atoms with Crippen LogP contribution in [0.5, 0.6) is 0 Å². The number of anilines is 1. The molecule has 0 fully saturated rings. The summed E-state index contributed by atoms with van der Waals surface area (Å²) in [5.74, 6) is -0.172. The standard InChI is InChI=1S/C13H11NO2S/c1-9(16)14-13-11(8-15)7-12(17-13)10-5-3-2-4-6-10/h2-8H,1H3,(H,14,16). The fourth-order valence-electron chi connectivity index (χ4n) is 1.49. The summed E-state index contributed by atoms with van der Waals surface area (Å²) >= 11 is 1.40. The van der Waals surface area contributed by atoms with E-state index in [2.05, 4.69) is 5.32 Å². The van der Waals surface area contributed by atoms with Crippen LogP contribution in [0.15, 0.2) is 36.4 Å².